The van der Waals surface area contributed by atoms with Crippen molar-refractivity contribution in [3.8, 4) is 0 Å². The van der Waals surface area contributed by atoms with Gasteiger partial charge in [-0.05, 0) is 30.4 Å². The van der Waals surface area contributed by atoms with Crippen molar-refractivity contribution in [1.82, 2.24) is 5.32 Å². The zero-order chi connectivity index (χ0) is 12.8. The third-order valence-electron chi connectivity index (χ3n) is 3.62. The summed E-state index contributed by atoms with van der Waals surface area (Å²) in [4.78, 5) is 0. The zero-order valence-corrected chi connectivity index (χ0v) is 11.1. The highest BCUT2D eigenvalue weighted by Crippen LogP contribution is 2.16. The predicted octanol–water partition coefficient (Wildman–Crippen LogP) is 2.23. The molecule has 18 heavy (non-hydrogen) atoms. The van der Waals surface area contributed by atoms with Gasteiger partial charge in [-0.15, -0.1) is 0 Å². The Bertz CT molecular complexity index is 350. The van der Waals surface area contributed by atoms with E-state index in [1.165, 1.54) is 5.56 Å². The first kappa shape index (κ1) is 13.5. The van der Waals surface area contributed by atoms with E-state index in [-0.39, 0.29) is 6.61 Å². The molecule has 0 saturated carbocycles. The lowest BCUT2D eigenvalue weighted by molar-refractivity contribution is -0.000319. The van der Waals surface area contributed by atoms with Crippen LogP contribution in [0, 0.1) is 0 Å². The van der Waals surface area contributed by atoms with Gasteiger partial charge in [0.2, 0.25) is 0 Å². The number of ether oxygens (including phenoxy) is 1. The van der Waals surface area contributed by atoms with Gasteiger partial charge in [-0.2, -0.15) is 0 Å². The van der Waals surface area contributed by atoms with Gasteiger partial charge in [-0.25, -0.2) is 0 Å². The van der Waals surface area contributed by atoms with Crippen LogP contribution in [0.15, 0.2) is 24.3 Å². The summed E-state index contributed by atoms with van der Waals surface area (Å²) < 4.78 is 5.67. The van der Waals surface area contributed by atoms with E-state index < -0.39 is 0 Å². The van der Waals surface area contributed by atoms with Crippen LogP contribution in [0.2, 0.25) is 0 Å². The molecule has 1 aliphatic rings. The second-order valence-electron chi connectivity index (χ2n) is 4.98. The van der Waals surface area contributed by atoms with Crippen LogP contribution in [0.4, 0.5) is 0 Å². The molecule has 1 heterocycles. The first-order chi connectivity index (χ1) is 8.81. The van der Waals surface area contributed by atoms with Crippen molar-refractivity contribution in [2.75, 3.05) is 6.61 Å². The van der Waals surface area contributed by atoms with Gasteiger partial charge in [0.25, 0.3) is 0 Å². The number of rotatable bonds is 5. The summed E-state index contributed by atoms with van der Waals surface area (Å²) in [5.41, 5.74) is 2.24. The van der Waals surface area contributed by atoms with E-state index in [1.807, 2.05) is 12.1 Å². The molecule has 2 atom stereocenters. The largest absolute Gasteiger partial charge is 0.392 e. The second-order valence-corrected chi connectivity index (χ2v) is 4.98. The van der Waals surface area contributed by atoms with Crippen LogP contribution in [0.3, 0.4) is 0 Å². The monoisotopic (exact) mass is 249 g/mol. The summed E-state index contributed by atoms with van der Waals surface area (Å²) in [6, 6.07) is 8.69. The number of aliphatic hydroxyl groups is 1. The van der Waals surface area contributed by atoms with Crippen molar-refractivity contribution >= 4 is 0 Å². The number of aliphatic hydroxyl groups excluding tert-OH is 1. The first-order valence-corrected chi connectivity index (χ1v) is 6.85. The lowest BCUT2D eigenvalue weighted by Crippen LogP contribution is -2.38. The average Bonchev–Trinajstić information content (AvgIpc) is 2.46. The molecule has 0 spiro atoms. The van der Waals surface area contributed by atoms with Crippen molar-refractivity contribution in [3.63, 3.8) is 0 Å². The van der Waals surface area contributed by atoms with E-state index in [0.29, 0.717) is 12.1 Å². The summed E-state index contributed by atoms with van der Waals surface area (Å²) in [6.07, 6.45) is 3.74. The fraction of sp³-hybridized carbons (Fsp3) is 0.600. The van der Waals surface area contributed by atoms with Gasteiger partial charge in [0.1, 0.15) is 0 Å². The Labute approximate surface area is 109 Å². The average molecular weight is 249 g/mol. The first-order valence-electron chi connectivity index (χ1n) is 6.85. The van der Waals surface area contributed by atoms with Crippen LogP contribution in [-0.2, 0) is 17.9 Å². The molecule has 3 nitrogen and oxygen atoms in total. The molecule has 2 N–H and O–H groups in total. The molecule has 3 heteroatoms. The van der Waals surface area contributed by atoms with E-state index >= 15 is 0 Å². The Morgan fingerprint density at radius 1 is 1.28 bits per heavy atom. The van der Waals surface area contributed by atoms with Crippen molar-refractivity contribution in [2.24, 2.45) is 0 Å². The third kappa shape index (κ3) is 3.80. The number of benzene rings is 1. The van der Waals surface area contributed by atoms with Gasteiger partial charge < -0.3 is 15.2 Å². The molecular formula is C15H23NO2. The SMILES string of the molecule is CCC1CC(NCc2ccc(CO)cc2)CCO1. The van der Waals surface area contributed by atoms with E-state index in [1.54, 1.807) is 0 Å². The molecule has 0 radical (unpaired) electrons. The number of nitrogens with one attached hydrogen (secondary N) is 1. The molecule has 0 amide bonds. The van der Waals surface area contributed by atoms with Gasteiger partial charge >= 0.3 is 0 Å². The summed E-state index contributed by atoms with van der Waals surface area (Å²) in [5.74, 6) is 0. The lowest BCUT2D eigenvalue weighted by atomic mass is 10.0. The standard InChI is InChI=1S/C15H23NO2/c1-2-15-9-14(7-8-18-15)16-10-12-3-5-13(11-17)6-4-12/h3-6,14-17H,2,7-11H2,1H3. The number of hydrogen-bond donors (Lipinski definition) is 2. The molecule has 0 bridgehead atoms. The molecule has 0 aromatic heterocycles. The minimum Gasteiger partial charge on any atom is -0.392 e. The van der Waals surface area contributed by atoms with Crippen LogP contribution in [0.25, 0.3) is 0 Å². The highest BCUT2D eigenvalue weighted by molar-refractivity contribution is 5.21. The van der Waals surface area contributed by atoms with Gasteiger partial charge in [0.05, 0.1) is 12.7 Å². The molecule has 1 aromatic rings. The van der Waals surface area contributed by atoms with Gasteiger partial charge in [-0.1, -0.05) is 31.2 Å². The fourth-order valence-electron chi connectivity index (χ4n) is 2.37. The molecule has 100 valence electrons. The van der Waals surface area contributed by atoms with Crippen LogP contribution < -0.4 is 5.32 Å². The summed E-state index contributed by atoms with van der Waals surface area (Å²) in [7, 11) is 0. The molecule has 1 fully saturated rings. The van der Waals surface area contributed by atoms with Crippen molar-refractivity contribution in [3.05, 3.63) is 35.4 Å². The molecule has 1 saturated heterocycles. The van der Waals surface area contributed by atoms with Gasteiger partial charge in [0.15, 0.2) is 0 Å². The topological polar surface area (TPSA) is 41.5 Å². The molecule has 2 unspecified atom stereocenters. The van der Waals surface area contributed by atoms with E-state index in [4.69, 9.17) is 9.84 Å². The third-order valence-corrected chi connectivity index (χ3v) is 3.62. The molecule has 1 aromatic carbocycles. The minimum atomic E-state index is 0.117. The van der Waals surface area contributed by atoms with E-state index in [2.05, 4.69) is 24.4 Å². The number of hydrogen-bond acceptors (Lipinski definition) is 3. The van der Waals surface area contributed by atoms with Crippen LogP contribution >= 0.6 is 0 Å². The van der Waals surface area contributed by atoms with Crippen molar-refractivity contribution in [1.29, 1.82) is 0 Å². The Kier molecular flexibility index (Phi) is 5.17. The molecular weight excluding hydrogens is 226 g/mol. The predicted molar refractivity (Wildman–Crippen MR) is 72.3 cm³/mol. The quantitative estimate of drug-likeness (QED) is 0.841. The maximum absolute atomic E-state index is 8.99. The van der Waals surface area contributed by atoms with Gasteiger partial charge in [-0.3, -0.25) is 0 Å². The van der Waals surface area contributed by atoms with Crippen molar-refractivity contribution < 1.29 is 9.84 Å². The minimum absolute atomic E-state index is 0.117. The van der Waals surface area contributed by atoms with Crippen LogP contribution in [-0.4, -0.2) is 23.9 Å². The molecule has 1 aliphatic heterocycles. The second kappa shape index (κ2) is 6.88. The molecule has 2 rings (SSSR count). The highest BCUT2D eigenvalue weighted by Gasteiger charge is 2.20. The highest BCUT2D eigenvalue weighted by atomic mass is 16.5. The Balaban J connectivity index is 1.79. The van der Waals surface area contributed by atoms with E-state index in [0.717, 1.165) is 38.0 Å². The smallest absolute Gasteiger partial charge is 0.0681 e. The summed E-state index contributed by atoms with van der Waals surface area (Å²) >= 11 is 0. The van der Waals surface area contributed by atoms with Crippen molar-refractivity contribution in [2.45, 2.75) is 51.5 Å². The zero-order valence-electron chi connectivity index (χ0n) is 11.1. The van der Waals surface area contributed by atoms with E-state index in [9.17, 15) is 0 Å². The summed E-state index contributed by atoms with van der Waals surface area (Å²) in [5, 5.41) is 12.6. The van der Waals surface area contributed by atoms with Crippen LogP contribution in [0.1, 0.15) is 37.3 Å². The molecule has 0 aliphatic carbocycles. The van der Waals surface area contributed by atoms with Crippen LogP contribution in [0.5, 0.6) is 0 Å². The maximum atomic E-state index is 8.99. The fourth-order valence-corrected chi connectivity index (χ4v) is 2.37. The Morgan fingerprint density at radius 3 is 2.67 bits per heavy atom. The summed E-state index contributed by atoms with van der Waals surface area (Å²) in [6.45, 7) is 4.07. The maximum Gasteiger partial charge on any atom is 0.0681 e. The normalized spacial score (nSPS) is 24.1. The lowest BCUT2D eigenvalue weighted by Gasteiger charge is -2.29. The van der Waals surface area contributed by atoms with Gasteiger partial charge in [0, 0.05) is 19.2 Å². The Morgan fingerprint density at radius 2 is 2.00 bits per heavy atom. The Hall–Kier alpha value is -0.900.